The molecule has 2 N–H and O–H groups in total. The van der Waals surface area contributed by atoms with Crippen LogP contribution in [0.2, 0.25) is 0 Å². The van der Waals surface area contributed by atoms with Crippen LogP contribution >= 0.6 is 0 Å². The van der Waals surface area contributed by atoms with Gasteiger partial charge in [0.2, 0.25) is 0 Å². The quantitative estimate of drug-likeness (QED) is 0.824. The highest BCUT2D eigenvalue weighted by Crippen LogP contribution is 2.21. The van der Waals surface area contributed by atoms with Gasteiger partial charge in [0.25, 0.3) is 0 Å². The predicted molar refractivity (Wildman–Crippen MR) is 80.5 cm³/mol. The number of hydrogen-bond acceptors (Lipinski definition) is 5. The van der Waals surface area contributed by atoms with Crippen molar-refractivity contribution in [3.63, 3.8) is 0 Å². The SMILES string of the molecule is CCOc1cc(N)ncc1CC(=O)c1ccn(C(C)C)n1. The monoisotopic (exact) mass is 288 g/mol. The van der Waals surface area contributed by atoms with Crippen molar-refractivity contribution in [1.29, 1.82) is 0 Å². The molecule has 6 heteroatoms. The third-order valence-electron chi connectivity index (χ3n) is 3.04. The van der Waals surface area contributed by atoms with E-state index < -0.39 is 0 Å². The summed E-state index contributed by atoms with van der Waals surface area (Å²) in [5.41, 5.74) is 6.81. The lowest BCUT2D eigenvalue weighted by molar-refractivity contribution is 0.0986. The lowest BCUT2D eigenvalue weighted by Gasteiger charge is -2.09. The zero-order chi connectivity index (χ0) is 15.4. The van der Waals surface area contributed by atoms with Crippen LogP contribution in [-0.4, -0.2) is 27.2 Å². The van der Waals surface area contributed by atoms with Gasteiger partial charge in [-0.25, -0.2) is 4.98 Å². The standard InChI is InChI=1S/C15H20N4O2/c1-4-21-14-8-15(16)17-9-11(14)7-13(20)12-5-6-19(18-12)10(2)3/h5-6,8-10H,4,7H2,1-3H3,(H2,16,17). The van der Waals surface area contributed by atoms with Gasteiger partial charge in [0.15, 0.2) is 5.78 Å². The maximum atomic E-state index is 12.3. The normalized spacial score (nSPS) is 10.9. The number of aromatic nitrogens is 3. The van der Waals surface area contributed by atoms with Crippen LogP contribution < -0.4 is 10.5 Å². The summed E-state index contributed by atoms with van der Waals surface area (Å²) in [6, 6.07) is 3.59. The molecule has 0 aliphatic carbocycles. The predicted octanol–water partition coefficient (Wildman–Crippen LogP) is 2.27. The van der Waals surface area contributed by atoms with Gasteiger partial charge in [-0.2, -0.15) is 5.10 Å². The van der Waals surface area contributed by atoms with Crippen LogP contribution in [0.15, 0.2) is 24.5 Å². The molecule has 21 heavy (non-hydrogen) atoms. The topological polar surface area (TPSA) is 83.0 Å². The molecule has 0 aromatic carbocycles. The minimum atomic E-state index is -0.0677. The van der Waals surface area contributed by atoms with Crippen molar-refractivity contribution in [2.45, 2.75) is 33.2 Å². The summed E-state index contributed by atoms with van der Waals surface area (Å²) in [6.45, 7) is 6.41. The molecule has 6 nitrogen and oxygen atoms in total. The van der Waals surface area contributed by atoms with E-state index in [9.17, 15) is 4.79 Å². The average molecular weight is 288 g/mol. The van der Waals surface area contributed by atoms with Crippen LogP contribution in [0.5, 0.6) is 5.75 Å². The van der Waals surface area contributed by atoms with Crippen LogP contribution in [0.4, 0.5) is 5.82 Å². The Bertz CT molecular complexity index is 634. The molecule has 0 aliphatic rings. The molecular formula is C15H20N4O2. The molecule has 0 fully saturated rings. The van der Waals surface area contributed by atoms with E-state index in [1.54, 1.807) is 23.0 Å². The minimum Gasteiger partial charge on any atom is -0.493 e. The van der Waals surface area contributed by atoms with Gasteiger partial charge >= 0.3 is 0 Å². The number of hydrogen-bond donors (Lipinski definition) is 1. The number of anilines is 1. The number of ether oxygens (including phenoxy) is 1. The number of Topliss-reactive ketones (excluding diaryl/α,β-unsaturated/α-hetero) is 1. The van der Waals surface area contributed by atoms with E-state index in [4.69, 9.17) is 10.5 Å². The molecule has 0 atom stereocenters. The molecule has 2 rings (SSSR count). The Morgan fingerprint density at radius 3 is 2.86 bits per heavy atom. The maximum Gasteiger partial charge on any atom is 0.187 e. The van der Waals surface area contributed by atoms with Gasteiger partial charge < -0.3 is 10.5 Å². The fraction of sp³-hybridized carbons (Fsp3) is 0.400. The number of nitrogen functional groups attached to an aromatic ring is 1. The Morgan fingerprint density at radius 2 is 2.24 bits per heavy atom. The third kappa shape index (κ3) is 3.59. The Labute approximate surface area is 123 Å². The van der Waals surface area contributed by atoms with Crippen molar-refractivity contribution < 1.29 is 9.53 Å². The first-order chi connectivity index (χ1) is 10.0. The molecular weight excluding hydrogens is 268 g/mol. The van der Waals surface area contributed by atoms with Gasteiger partial charge in [0.05, 0.1) is 6.61 Å². The fourth-order valence-corrected chi connectivity index (χ4v) is 1.94. The Balaban J connectivity index is 2.18. The van der Waals surface area contributed by atoms with E-state index in [0.29, 0.717) is 23.9 Å². The lowest BCUT2D eigenvalue weighted by Crippen LogP contribution is -2.09. The smallest absolute Gasteiger partial charge is 0.187 e. The highest BCUT2D eigenvalue weighted by atomic mass is 16.5. The fourth-order valence-electron chi connectivity index (χ4n) is 1.94. The highest BCUT2D eigenvalue weighted by Gasteiger charge is 2.15. The van der Waals surface area contributed by atoms with Crippen molar-refractivity contribution in [1.82, 2.24) is 14.8 Å². The van der Waals surface area contributed by atoms with Crippen molar-refractivity contribution >= 4 is 11.6 Å². The average Bonchev–Trinajstić information content (AvgIpc) is 2.92. The summed E-state index contributed by atoms with van der Waals surface area (Å²) in [5, 5.41) is 4.28. The molecule has 0 saturated heterocycles. The molecule has 0 bridgehead atoms. The largest absolute Gasteiger partial charge is 0.493 e. The summed E-state index contributed by atoms with van der Waals surface area (Å²) in [4.78, 5) is 16.3. The van der Waals surface area contributed by atoms with E-state index in [0.717, 1.165) is 5.56 Å². The molecule has 2 aromatic rings. The number of carbonyl (C=O) groups is 1. The molecule has 2 heterocycles. The van der Waals surface area contributed by atoms with E-state index in [-0.39, 0.29) is 18.2 Å². The number of nitrogens with two attached hydrogens (primary N) is 1. The van der Waals surface area contributed by atoms with Crippen LogP contribution in [0.3, 0.4) is 0 Å². The molecule has 0 aliphatic heterocycles. The maximum absolute atomic E-state index is 12.3. The van der Waals surface area contributed by atoms with Crippen LogP contribution in [0.1, 0.15) is 42.9 Å². The van der Waals surface area contributed by atoms with Gasteiger partial charge in [-0.05, 0) is 26.8 Å². The van der Waals surface area contributed by atoms with Gasteiger partial charge in [-0.1, -0.05) is 0 Å². The first kappa shape index (κ1) is 15.0. The van der Waals surface area contributed by atoms with E-state index >= 15 is 0 Å². The third-order valence-corrected chi connectivity index (χ3v) is 3.04. The van der Waals surface area contributed by atoms with E-state index in [1.165, 1.54) is 0 Å². The molecule has 0 unspecified atom stereocenters. The Morgan fingerprint density at radius 1 is 1.48 bits per heavy atom. The lowest BCUT2D eigenvalue weighted by atomic mass is 10.1. The molecule has 2 aromatic heterocycles. The van der Waals surface area contributed by atoms with Crippen molar-refractivity contribution in [3.05, 3.63) is 35.8 Å². The van der Waals surface area contributed by atoms with Crippen molar-refractivity contribution in [3.8, 4) is 5.75 Å². The van der Waals surface area contributed by atoms with Gasteiger partial charge in [-0.3, -0.25) is 9.48 Å². The van der Waals surface area contributed by atoms with E-state index in [2.05, 4.69) is 10.1 Å². The number of nitrogens with zero attached hydrogens (tertiary/aromatic N) is 3. The van der Waals surface area contributed by atoms with Crippen molar-refractivity contribution in [2.24, 2.45) is 0 Å². The minimum absolute atomic E-state index is 0.0677. The van der Waals surface area contributed by atoms with Crippen molar-refractivity contribution in [2.75, 3.05) is 12.3 Å². The summed E-state index contributed by atoms with van der Waals surface area (Å²) in [5.74, 6) is 0.905. The zero-order valence-electron chi connectivity index (χ0n) is 12.5. The number of ketones is 1. The molecule has 112 valence electrons. The first-order valence-electron chi connectivity index (χ1n) is 6.96. The second kappa shape index (κ2) is 6.39. The van der Waals surface area contributed by atoms with Gasteiger partial charge in [-0.15, -0.1) is 0 Å². The van der Waals surface area contributed by atoms with Gasteiger partial charge in [0.1, 0.15) is 17.3 Å². The highest BCUT2D eigenvalue weighted by molar-refractivity contribution is 5.96. The Kier molecular flexibility index (Phi) is 4.57. The van der Waals surface area contributed by atoms with Crippen LogP contribution in [0, 0.1) is 0 Å². The second-order valence-electron chi connectivity index (χ2n) is 5.02. The summed E-state index contributed by atoms with van der Waals surface area (Å²) in [7, 11) is 0. The van der Waals surface area contributed by atoms with Gasteiger partial charge in [0, 0.05) is 36.5 Å². The molecule has 0 spiro atoms. The number of rotatable bonds is 6. The van der Waals surface area contributed by atoms with E-state index in [1.807, 2.05) is 27.0 Å². The number of pyridine rings is 1. The van der Waals surface area contributed by atoms with Crippen LogP contribution in [-0.2, 0) is 6.42 Å². The van der Waals surface area contributed by atoms with Crippen LogP contribution in [0.25, 0.3) is 0 Å². The number of carbonyl (C=O) groups excluding carboxylic acids is 1. The first-order valence-corrected chi connectivity index (χ1v) is 6.96. The molecule has 0 amide bonds. The second-order valence-corrected chi connectivity index (χ2v) is 5.02. The summed E-state index contributed by atoms with van der Waals surface area (Å²) < 4.78 is 7.26. The Hall–Kier alpha value is -2.37. The molecule has 0 radical (unpaired) electrons. The molecule has 0 saturated carbocycles. The zero-order valence-corrected chi connectivity index (χ0v) is 12.5. The summed E-state index contributed by atoms with van der Waals surface area (Å²) >= 11 is 0. The summed E-state index contributed by atoms with van der Waals surface area (Å²) in [6.07, 6.45) is 3.58.